The summed E-state index contributed by atoms with van der Waals surface area (Å²) in [6.45, 7) is 5.64. The molecular formula is C11H22N2O2. The zero-order valence-corrected chi connectivity index (χ0v) is 9.93. The fourth-order valence-electron chi connectivity index (χ4n) is 2.39. The second-order valence-corrected chi connectivity index (χ2v) is 5.21. The van der Waals surface area contributed by atoms with Crippen LogP contribution in [0.3, 0.4) is 0 Å². The zero-order valence-electron chi connectivity index (χ0n) is 9.93. The summed E-state index contributed by atoms with van der Waals surface area (Å²) in [5.74, 6) is -0.232. The van der Waals surface area contributed by atoms with Crippen LogP contribution in [0.25, 0.3) is 0 Å². The van der Waals surface area contributed by atoms with E-state index in [0.29, 0.717) is 13.2 Å². The highest BCUT2D eigenvalue weighted by molar-refractivity contribution is 5.85. The summed E-state index contributed by atoms with van der Waals surface area (Å²) < 4.78 is 4.96. The topological polar surface area (TPSA) is 64.3 Å². The highest BCUT2D eigenvalue weighted by Gasteiger charge is 2.46. The average Bonchev–Trinajstić information content (AvgIpc) is 2.44. The van der Waals surface area contributed by atoms with Gasteiger partial charge in [0.1, 0.15) is 0 Å². The van der Waals surface area contributed by atoms with Gasteiger partial charge in [-0.05, 0) is 24.7 Å². The molecule has 0 aromatic carbocycles. The van der Waals surface area contributed by atoms with Crippen LogP contribution in [0.15, 0.2) is 0 Å². The second kappa shape index (κ2) is 4.49. The van der Waals surface area contributed by atoms with Crippen LogP contribution in [0.2, 0.25) is 0 Å². The number of hydrogen-bond donors (Lipinski definition) is 2. The number of carbonyl (C=O) groups excluding carboxylic acids is 1. The van der Waals surface area contributed by atoms with Gasteiger partial charge in [0.25, 0.3) is 0 Å². The number of primary amides is 1. The Morgan fingerprint density at radius 1 is 1.47 bits per heavy atom. The third-order valence-corrected chi connectivity index (χ3v) is 3.25. The summed E-state index contributed by atoms with van der Waals surface area (Å²) in [6, 6.07) is 0. The van der Waals surface area contributed by atoms with Crippen molar-refractivity contribution in [3.63, 3.8) is 0 Å². The molecule has 0 saturated heterocycles. The SMILES string of the molecule is COCCNC1(C(N)=O)CCC(C)(C)C1. The number of amides is 1. The Balaban J connectivity index is 2.61. The van der Waals surface area contributed by atoms with Crippen molar-refractivity contribution < 1.29 is 9.53 Å². The number of nitrogens with two attached hydrogens (primary N) is 1. The van der Waals surface area contributed by atoms with Crippen molar-refractivity contribution in [2.24, 2.45) is 11.1 Å². The van der Waals surface area contributed by atoms with Gasteiger partial charge in [0, 0.05) is 13.7 Å². The summed E-state index contributed by atoms with van der Waals surface area (Å²) in [5, 5.41) is 3.25. The number of ether oxygens (including phenoxy) is 1. The quantitative estimate of drug-likeness (QED) is 0.661. The molecule has 0 bridgehead atoms. The normalized spacial score (nSPS) is 29.3. The van der Waals surface area contributed by atoms with Crippen molar-refractivity contribution in [2.45, 2.75) is 38.6 Å². The van der Waals surface area contributed by atoms with Gasteiger partial charge >= 0.3 is 0 Å². The lowest BCUT2D eigenvalue weighted by atomic mass is 9.87. The molecule has 0 radical (unpaired) electrons. The molecule has 1 fully saturated rings. The van der Waals surface area contributed by atoms with E-state index in [1.54, 1.807) is 7.11 Å². The highest BCUT2D eigenvalue weighted by Crippen LogP contribution is 2.43. The third kappa shape index (κ3) is 2.92. The molecule has 1 amide bonds. The van der Waals surface area contributed by atoms with E-state index in [1.807, 2.05) is 0 Å². The molecule has 1 aliphatic rings. The van der Waals surface area contributed by atoms with Crippen molar-refractivity contribution in [3.05, 3.63) is 0 Å². The molecule has 1 atom stereocenters. The zero-order chi connectivity index (χ0) is 11.5. The standard InChI is InChI=1S/C11H22N2O2/c1-10(2)4-5-11(8-10,9(12)14)13-6-7-15-3/h13H,4-8H2,1-3H3,(H2,12,14). The lowest BCUT2D eigenvalue weighted by Crippen LogP contribution is -2.54. The Labute approximate surface area is 91.5 Å². The van der Waals surface area contributed by atoms with E-state index in [9.17, 15) is 4.79 Å². The predicted octanol–water partition coefficient (Wildman–Crippen LogP) is 0.657. The molecule has 4 heteroatoms. The van der Waals surface area contributed by atoms with Crippen molar-refractivity contribution in [1.82, 2.24) is 5.32 Å². The molecule has 4 nitrogen and oxygen atoms in total. The molecule has 15 heavy (non-hydrogen) atoms. The van der Waals surface area contributed by atoms with Gasteiger partial charge in [-0.1, -0.05) is 13.8 Å². The molecule has 0 aromatic heterocycles. The first-order chi connectivity index (χ1) is 6.92. The first kappa shape index (κ1) is 12.5. The summed E-state index contributed by atoms with van der Waals surface area (Å²) in [7, 11) is 1.65. The molecule has 0 heterocycles. The minimum atomic E-state index is -0.512. The molecular weight excluding hydrogens is 192 g/mol. The number of rotatable bonds is 5. The fraction of sp³-hybridized carbons (Fsp3) is 0.909. The van der Waals surface area contributed by atoms with Gasteiger partial charge in [0.15, 0.2) is 0 Å². The largest absolute Gasteiger partial charge is 0.383 e. The number of methoxy groups -OCH3 is 1. The third-order valence-electron chi connectivity index (χ3n) is 3.25. The molecule has 0 spiro atoms. The molecule has 0 aliphatic heterocycles. The van der Waals surface area contributed by atoms with E-state index >= 15 is 0 Å². The van der Waals surface area contributed by atoms with Crippen molar-refractivity contribution in [1.29, 1.82) is 0 Å². The van der Waals surface area contributed by atoms with Gasteiger partial charge in [-0.25, -0.2) is 0 Å². The minimum Gasteiger partial charge on any atom is -0.383 e. The van der Waals surface area contributed by atoms with Crippen LogP contribution in [-0.4, -0.2) is 31.7 Å². The van der Waals surface area contributed by atoms with E-state index in [-0.39, 0.29) is 11.3 Å². The Kier molecular flexibility index (Phi) is 3.73. The van der Waals surface area contributed by atoms with Crippen LogP contribution < -0.4 is 11.1 Å². The highest BCUT2D eigenvalue weighted by atomic mass is 16.5. The first-order valence-corrected chi connectivity index (χ1v) is 5.46. The number of carbonyl (C=O) groups is 1. The van der Waals surface area contributed by atoms with Crippen molar-refractivity contribution in [3.8, 4) is 0 Å². The Hall–Kier alpha value is -0.610. The monoisotopic (exact) mass is 214 g/mol. The van der Waals surface area contributed by atoms with Crippen LogP contribution in [0.4, 0.5) is 0 Å². The molecule has 0 aromatic rings. The van der Waals surface area contributed by atoms with Gasteiger partial charge in [0.05, 0.1) is 12.1 Å². The Bertz CT molecular complexity index is 241. The van der Waals surface area contributed by atoms with Gasteiger partial charge < -0.3 is 15.8 Å². The van der Waals surface area contributed by atoms with Crippen LogP contribution >= 0.6 is 0 Å². The molecule has 1 aliphatic carbocycles. The maximum absolute atomic E-state index is 11.5. The lowest BCUT2D eigenvalue weighted by molar-refractivity contribution is -0.124. The molecule has 3 N–H and O–H groups in total. The summed E-state index contributed by atoms with van der Waals surface area (Å²) in [5.41, 5.74) is 5.19. The average molecular weight is 214 g/mol. The van der Waals surface area contributed by atoms with Crippen molar-refractivity contribution >= 4 is 5.91 Å². The van der Waals surface area contributed by atoms with Gasteiger partial charge in [-0.15, -0.1) is 0 Å². The Morgan fingerprint density at radius 3 is 2.53 bits per heavy atom. The van der Waals surface area contributed by atoms with Crippen LogP contribution in [-0.2, 0) is 9.53 Å². The molecule has 1 rings (SSSR count). The molecule has 88 valence electrons. The lowest BCUT2D eigenvalue weighted by Gasteiger charge is -2.28. The molecule has 1 saturated carbocycles. The maximum atomic E-state index is 11.5. The predicted molar refractivity (Wildman–Crippen MR) is 59.4 cm³/mol. The van der Waals surface area contributed by atoms with E-state index in [1.165, 1.54) is 0 Å². The Morgan fingerprint density at radius 2 is 2.13 bits per heavy atom. The van der Waals surface area contributed by atoms with E-state index < -0.39 is 5.54 Å². The van der Waals surface area contributed by atoms with E-state index in [4.69, 9.17) is 10.5 Å². The van der Waals surface area contributed by atoms with Gasteiger partial charge in [-0.2, -0.15) is 0 Å². The second-order valence-electron chi connectivity index (χ2n) is 5.21. The van der Waals surface area contributed by atoms with E-state index in [0.717, 1.165) is 19.3 Å². The van der Waals surface area contributed by atoms with Crippen molar-refractivity contribution in [2.75, 3.05) is 20.3 Å². The molecule has 1 unspecified atom stereocenters. The smallest absolute Gasteiger partial charge is 0.237 e. The summed E-state index contributed by atoms with van der Waals surface area (Å²) in [4.78, 5) is 11.5. The summed E-state index contributed by atoms with van der Waals surface area (Å²) >= 11 is 0. The van der Waals surface area contributed by atoms with E-state index in [2.05, 4.69) is 19.2 Å². The van der Waals surface area contributed by atoms with Crippen LogP contribution in [0.1, 0.15) is 33.1 Å². The van der Waals surface area contributed by atoms with Crippen LogP contribution in [0.5, 0.6) is 0 Å². The summed E-state index contributed by atoms with van der Waals surface area (Å²) in [6.07, 6.45) is 2.69. The van der Waals surface area contributed by atoms with Gasteiger partial charge in [-0.3, -0.25) is 4.79 Å². The van der Waals surface area contributed by atoms with Crippen LogP contribution in [0, 0.1) is 5.41 Å². The maximum Gasteiger partial charge on any atom is 0.237 e. The number of hydrogen-bond acceptors (Lipinski definition) is 3. The first-order valence-electron chi connectivity index (χ1n) is 5.46. The fourth-order valence-corrected chi connectivity index (χ4v) is 2.39. The number of nitrogens with one attached hydrogen (secondary N) is 1. The van der Waals surface area contributed by atoms with Gasteiger partial charge in [0.2, 0.25) is 5.91 Å². The minimum absolute atomic E-state index is 0.203.